The maximum atomic E-state index is 11.4. The van der Waals surface area contributed by atoms with E-state index in [0.29, 0.717) is 5.56 Å². The second kappa shape index (κ2) is 3.94. The SMILES string of the molecule is COC(=O)c1cc(Br)c2c(c1)CCC2N. The van der Waals surface area contributed by atoms with Crippen molar-refractivity contribution in [1.29, 1.82) is 0 Å². The number of ether oxygens (including phenoxy) is 1. The lowest BCUT2D eigenvalue weighted by atomic mass is 10.1. The summed E-state index contributed by atoms with van der Waals surface area (Å²) >= 11 is 3.45. The van der Waals surface area contributed by atoms with Crippen molar-refractivity contribution in [1.82, 2.24) is 0 Å². The Balaban J connectivity index is 2.49. The van der Waals surface area contributed by atoms with Crippen molar-refractivity contribution in [3.63, 3.8) is 0 Å². The maximum absolute atomic E-state index is 11.4. The van der Waals surface area contributed by atoms with E-state index in [-0.39, 0.29) is 12.0 Å². The minimum absolute atomic E-state index is 0.0843. The van der Waals surface area contributed by atoms with Gasteiger partial charge in [0, 0.05) is 10.5 Å². The van der Waals surface area contributed by atoms with Gasteiger partial charge in [-0.15, -0.1) is 0 Å². The molecule has 1 atom stereocenters. The zero-order chi connectivity index (χ0) is 11.0. The zero-order valence-corrected chi connectivity index (χ0v) is 10.0. The number of esters is 1. The summed E-state index contributed by atoms with van der Waals surface area (Å²) in [7, 11) is 1.38. The van der Waals surface area contributed by atoms with E-state index in [1.807, 2.05) is 6.07 Å². The van der Waals surface area contributed by atoms with E-state index in [0.717, 1.165) is 28.4 Å². The number of nitrogens with two attached hydrogens (primary N) is 1. The van der Waals surface area contributed by atoms with Crippen LogP contribution in [0.25, 0.3) is 0 Å². The van der Waals surface area contributed by atoms with Crippen LogP contribution in [0.2, 0.25) is 0 Å². The monoisotopic (exact) mass is 269 g/mol. The Bertz CT molecular complexity index is 417. The molecule has 0 aliphatic heterocycles. The summed E-state index contributed by atoms with van der Waals surface area (Å²) in [5, 5.41) is 0. The van der Waals surface area contributed by atoms with Crippen LogP contribution in [-0.4, -0.2) is 13.1 Å². The number of hydrogen-bond donors (Lipinski definition) is 1. The highest BCUT2D eigenvalue weighted by molar-refractivity contribution is 9.10. The summed E-state index contributed by atoms with van der Waals surface area (Å²) < 4.78 is 5.59. The molecule has 80 valence electrons. The molecular weight excluding hydrogens is 258 g/mol. The fraction of sp³-hybridized carbons (Fsp3) is 0.364. The average Bonchev–Trinajstić information content (AvgIpc) is 2.59. The Labute approximate surface area is 96.7 Å². The molecule has 3 nitrogen and oxygen atoms in total. The largest absolute Gasteiger partial charge is 0.465 e. The quantitative estimate of drug-likeness (QED) is 0.796. The Morgan fingerprint density at radius 3 is 3.00 bits per heavy atom. The molecule has 1 aromatic carbocycles. The highest BCUT2D eigenvalue weighted by atomic mass is 79.9. The number of benzene rings is 1. The minimum atomic E-state index is -0.307. The van der Waals surface area contributed by atoms with Gasteiger partial charge in [0.1, 0.15) is 0 Å². The molecule has 15 heavy (non-hydrogen) atoms. The van der Waals surface area contributed by atoms with Gasteiger partial charge in [-0.3, -0.25) is 0 Å². The molecule has 0 spiro atoms. The molecule has 2 N–H and O–H groups in total. The van der Waals surface area contributed by atoms with Crippen LogP contribution in [0.1, 0.15) is 33.9 Å². The molecule has 4 heteroatoms. The molecule has 0 aromatic heterocycles. The number of carbonyl (C=O) groups excluding carboxylic acids is 1. The molecule has 0 amide bonds. The minimum Gasteiger partial charge on any atom is -0.465 e. The van der Waals surface area contributed by atoms with Crippen LogP contribution in [-0.2, 0) is 11.2 Å². The van der Waals surface area contributed by atoms with E-state index in [1.165, 1.54) is 7.11 Å². The molecule has 0 saturated heterocycles. The normalized spacial score (nSPS) is 18.7. The van der Waals surface area contributed by atoms with Crippen LogP contribution in [0.4, 0.5) is 0 Å². The van der Waals surface area contributed by atoms with Gasteiger partial charge in [-0.25, -0.2) is 4.79 Å². The summed E-state index contributed by atoms with van der Waals surface area (Å²) in [4.78, 5) is 11.4. The Hall–Kier alpha value is -0.870. The van der Waals surface area contributed by atoms with Crippen molar-refractivity contribution in [3.8, 4) is 0 Å². The Morgan fingerprint density at radius 2 is 2.33 bits per heavy atom. The highest BCUT2D eigenvalue weighted by Gasteiger charge is 2.23. The number of fused-ring (bicyclic) bond motifs is 1. The fourth-order valence-electron chi connectivity index (χ4n) is 1.99. The fourth-order valence-corrected chi connectivity index (χ4v) is 2.78. The van der Waals surface area contributed by atoms with Crippen molar-refractivity contribution in [2.75, 3.05) is 7.11 Å². The number of methoxy groups -OCH3 is 1. The third kappa shape index (κ3) is 1.79. The van der Waals surface area contributed by atoms with Crippen LogP contribution < -0.4 is 5.73 Å². The van der Waals surface area contributed by atoms with Crippen LogP contribution in [0.15, 0.2) is 16.6 Å². The average molecular weight is 270 g/mol. The predicted molar refractivity (Wildman–Crippen MR) is 60.7 cm³/mol. The molecule has 0 fully saturated rings. The van der Waals surface area contributed by atoms with Gasteiger partial charge in [0.25, 0.3) is 0 Å². The van der Waals surface area contributed by atoms with E-state index in [2.05, 4.69) is 20.7 Å². The summed E-state index contributed by atoms with van der Waals surface area (Å²) in [5.74, 6) is -0.307. The van der Waals surface area contributed by atoms with E-state index >= 15 is 0 Å². The summed E-state index contributed by atoms with van der Waals surface area (Å²) in [5.41, 5.74) is 8.82. The van der Waals surface area contributed by atoms with Crippen LogP contribution in [0.3, 0.4) is 0 Å². The van der Waals surface area contributed by atoms with Gasteiger partial charge in [0.2, 0.25) is 0 Å². The van der Waals surface area contributed by atoms with Gasteiger partial charge < -0.3 is 10.5 Å². The Morgan fingerprint density at radius 1 is 1.60 bits per heavy atom. The van der Waals surface area contributed by atoms with Crippen molar-refractivity contribution >= 4 is 21.9 Å². The predicted octanol–water partition coefficient (Wildman–Crippen LogP) is 2.18. The topological polar surface area (TPSA) is 52.3 Å². The summed E-state index contributed by atoms with van der Waals surface area (Å²) in [6.07, 6.45) is 1.87. The molecular formula is C11H12BrNO2. The van der Waals surface area contributed by atoms with Gasteiger partial charge in [-0.2, -0.15) is 0 Å². The second-order valence-corrected chi connectivity index (χ2v) is 4.52. The van der Waals surface area contributed by atoms with Crippen molar-refractivity contribution in [2.45, 2.75) is 18.9 Å². The lowest BCUT2D eigenvalue weighted by Gasteiger charge is -2.09. The molecule has 2 rings (SSSR count). The van der Waals surface area contributed by atoms with Crippen molar-refractivity contribution in [2.24, 2.45) is 5.73 Å². The van der Waals surface area contributed by atoms with Crippen molar-refractivity contribution < 1.29 is 9.53 Å². The van der Waals surface area contributed by atoms with E-state index < -0.39 is 0 Å². The van der Waals surface area contributed by atoms with E-state index in [4.69, 9.17) is 5.73 Å². The molecule has 1 aliphatic rings. The standard InChI is InChI=1S/C11H12BrNO2/c1-15-11(14)7-4-6-2-3-9(13)10(6)8(12)5-7/h4-5,9H,2-3,13H2,1H3. The molecule has 1 aromatic rings. The number of rotatable bonds is 1. The molecule has 0 radical (unpaired) electrons. The second-order valence-electron chi connectivity index (χ2n) is 3.67. The molecule has 0 heterocycles. The van der Waals surface area contributed by atoms with Gasteiger partial charge >= 0.3 is 5.97 Å². The number of carbonyl (C=O) groups is 1. The maximum Gasteiger partial charge on any atom is 0.337 e. The number of hydrogen-bond acceptors (Lipinski definition) is 3. The van der Waals surface area contributed by atoms with Gasteiger partial charge in [-0.1, -0.05) is 15.9 Å². The van der Waals surface area contributed by atoms with Crippen LogP contribution in [0, 0.1) is 0 Å². The highest BCUT2D eigenvalue weighted by Crippen LogP contribution is 2.36. The third-order valence-electron chi connectivity index (χ3n) is 2.73. The van der Waals surface area contributed by atoms with Gasteiger partial charge in [-0.05, 0) is 36.1 Å². The first-order chi connectivity index (χ1) is 7.13. The first-order valence-electron chi connectivity index (χ1n) is 4.79. The molecule has 0 bridgehead atoms. The lowest BCUT2D eigenvalue weighted by Crippen LogP contribution is -2.07. The zero-order valence-electron chi connectivity index (χ0n) is 8.42. The first-order valence-corrected chi connectivity index (χ1v) is 5.59. The van der Waals surface area contributed by atoms with E-state index in [1.54, 1.807) is 6.07 Å². The third-order valence-corrected chi connectivity index (χ3v) is 3.39. The number of aryl methyl sites for hydroxylation is 1. The first kappa shape index (κ1) is 10.6. The smallest absolute Gasteiger partial charge is 0.337 e. The Kier molecular flexibility index (Phi) is 2.80. The van der Waals surface area contributed by atoms with E-state index in [9.17, 15) is 4.79 Å². The molecule has 0 saturated carbocycles. The van der Waals surface area contributed by atoms with Crippen LogP contribution >= 0.6 is 15.9 Å². The van der Waals surface area contributed by atoms with Crippen LogP contribution in [0.5, 0.6) is 0 Å². The summed E-state index contributed by atoms with van der Waals surface area (Å²) in [6.45, 7) is 0. The number of halogens is 1. The summed E-state index contributed by atoms with van der Waals surface area (Å²) in [6, 6.07) is 3.73. The molecule has 1 unspecified atom stereocenters. The lowest BCUT2D eigenvalue weighted by molar-refractivity contribution is 0.0600. The molecule has 1 aliphatic carbocycles. The van der Waals surface area contributed by atoms with Crippen molar-refractivity contribution in [3.05, 3.63) is 33.3 Å². The van der Waals surface area contributed by atoms with Gasteiger partial charge in [0.05, 0.1) is 12.7 Å². The van der Waals surface area contributed by atoms with Gasteiger partial charge in [0.15, 0.2) is 0 Å².